The van der Waals surface area contributed by atoms with E-state index in [2.05, 4.69) is 4.98 Å². The number of hydrogen-bond donors (Lipinski definition) is 0. The molecule has 0 saturated heterocycles. The van der Waals surface area contributed by atoms with E-state index in [1.807, 2.05) is 42.0 Å². The summed E-state index contributed by atoms with van der Waals surface area (Å²) in [6, 6.07) is 7.42. The molecule has 0 unspecified atom stereocenters. The number of carbonyl (C=O) groups excluding carboxylic acids is 1. The molecule has 1 aromatic carbocycles. The van der Waals surface area contributed by atoms with E-state index in [9.17, 15) is 4.79 Å². The highest BCUT2D eigenvalue weighted by molar-refractivity contribution is 6.30. The second-order valence-electron chi connectivity index (χ2n) is 3.80. The Morgan fingerprint density at radius 1 is 1.35 bits per heavy atom. The van der Waals surface area contributed by atoms with Gasteiger partial charge in [0.1, 0.15) is 0 Å². The maximum Gasteiger partial charge on any atom is 0.195 e. The molecule has 0 aliphatic carbocycles. The third kappa shape index (κ3) is 2.39. The zero-order valence-corrected chi connectivity index (χ0v) is 10.5. The minimum atomic E-state index is -0.0212. The van der Waals surface area contributed by atoms with Crippen molar-refractivity contribution in [3.05, 3.63) is 41.3 Å². The fourth-order valence-electron chi connectivity index (χ4n) is 1.70. The first-order valence-electron chi connectivity index (χ1n) is 5.46. The van der Waals surface area contributed by atoms with Crippen molar-refractivity contribution in [3.8, 4) is 11.3 Å². The van der Waals surface area contributed by atoms with Gasteiger partial charge in [-0.2, -0.15) is 0 Å². The van der Waals surface area contributed by atoms with E-state index in [4.69, 9.17) is 11.6 Å². The molecule has 0 atom stereocenters. The summed E-state index contributed by atoms with van der Waals surface area (Å²) in [6.45, 7) is 4.25. The summed E-state index contributed by atoms with van der Waals surface area (Å²) in [5, 5.41) is 0.690. The van der Waals surface area contributed by atoms with Crippen LogP contribution in [0.2, 0.25) is 5.02 Å². The predicted octanol–water partition coefficient (Wildman–Crippen LogP) is 3.43. The minimum absolute atomic E-state index is 0.0212. The number of carbonyl (C=O) groups is 1. The van der Waals surface area contributed by atoms with Crippen LogP contribution in [0, 0.1) is 0 Å². The molecule has 0 saturated carbocycles. The second-order valence-corrected chi connectivity index (χ2v) is 4.24. The highest BCUT2D eigenvalue weighted by atomic mass is 35.5. The van der Waals surface area contributed by atoms with Gasteiger partial charge in [0.2, 0.25) is 0 Å². The average Bonchev–Trinajstić information content (AvgIpc) is 2.74. The van der Waals surface area contributed by atoms with Crippen LogP contribution in [0.3, 0.4) is 0 Å². The van der Waals surface area contributed by atoms with Crippen molar-refractivity contribution in [2.45, 2.75) is 20.4 Å². The molecule has 1 heterocycles. The highest BCUT2D eigenvalue weighted by Crippen LogP contribution is 2.21. The van der Waals surface area contributed by atoms with E-state index in [1.54, 1.807) is 0 Å². The van der Waals surface area contributed by atoms with E-state index >= 15 is 0 Å². The molecule has 0 spiro atoms. The smallest absolute Gasteiger partial charge is 0.195 e. The van der Waals surface area contributed by atoms with E-state index < -0.39 is 0 Å². The lowest BCUT2D eigenvalue weighted by Crippen LogP contribution is -2.05. The molecule has 0 amide bonds. The SMILES string of the molecule is CCn1cc(-c2ccc(Cl)cc2)nc1C(C)=O. The number of aromatic nitrogens is 2. The van der Waals surface area contributed by atoms with E-state index in [1.165, 1.54) is 6.92 Å². The Morgan fingerprint density at radius 2 is 2.00 bits per heavy atom. The number of hydrogen-bond acceptors (Lipinski definition) is 2. The number of halogens is 1. The van der Waals surface area contributed by atoms with Crippen LogP contribution < -0.4 is 0 Å². The van der Waals surface area contributed by atoms with Crippen LogP contribution in [0.25, 0.3) is 11.3 Å². The quantitative estimate of drug-likeness (QED) is 0.780. The largest absolute Gasteiger partial charge is 0.328 e. The first-order chi connectivity index (χ1) is 8.11. The van der Waals surface area contributed by atoms with Crippen LogP contribution in [-0.2, 0) is 6.54 Å². The number of ketones is 1. The Morgan fingerprint density at radius 3 is 2.47 bits per heavy atom. The van der Waals surface area contributed by atoms with E-state index in [0.29, 0.717) is 10.8 Å². The lowest BCUT2D eigenvalue weighted by molar-refractivity contribution is 0.0999. The molecule has 88 valence electrons. The van der Waals surface area contributed by atoms with Crippen molar-refractivity contribution in [2.75, 3.05) is 0 Å². The second kappa shape index (κ2) is 4.72. The monoisotopic (exact) mass is 248 g/mol. The Hall–Kier alpha value is -1.61. The van der Waals surface area contributed by atoms with Gasteiger partial charge in [0.25, 0.3) is 0 Å². The Bertz CT molecular complexity index is 543. The number of rotatable bonds is 3. The van der Waals surface area contributed by atoms with Gasteiger partial charge in [0, 0.05) is 30.3 Å². The number of imidazole rings is 1. The number of Topliss-reactive ketones (excluding diaryl/α,β-unsaturated/α-hetero) is 1. The van der Waals surface area contributed by atoms with Gasteiger partial charge >= 0.3 is 0 Å². The first-order valence-corrected chi connectivity index (χ1v) is 5.83. The molecule has 2 rings (SSSR count). The fourth-order valence-corrected chi connectivity index (χ4v) is 1.82. The summed E-state index contributed by atoms with van der Waals surface area (Å²) in [4.78, 5) is 15.8. The summed E-state index contributed by atoms with van der Waals surface area (Å²) in [5.74, 6) is 0.476. The molecule has 3 nitrogen and oxygen atoms in total. The van der Waals surface area contributed by atoms with Crippen LogP contribution in [-0.4, -0.2) is 15.3 Å². The van der Waals surface area contributed by atoms with Gasteiger partial charge in [-0.1, -0.05) is 23.7 Å². The van der Waals surface area contributed by atoms with E-state index in [-0.39, 0.29) is 5.78 Å². The number of benzene rings is 1. The van der Waals surface area contributed by atoms with Crippen molar-refractivity contribution in [2.24, 2.45) is 0 Å². The molecule has 4 heteroatoms. The van der Waals surface area contributed by atoms with Gasteiger partial charge < -0.3 is 4.57 Å². The molecule has 17 heavy (non-hydrogen) atoms. The molecular formula is C13H13ClN2O. The summed E-state index contributed by atoms with van der Waals surface area (Å²) in [5.41, 5.74) is 1.76. The summed E-state index contributed by atoms with van der Waals surface area (Å²) in [6.07, 6.45) is 1.89. The summed E-state index contributed by atoms with van der Waals surface area (Å²) >= 11 is 5.83. The van der Waals surface area contributed by atoms with Crippen molar-refractivity contribution in [1.29, 1.82) is 0 Å². The summed E-state index contributed by atoms with van der Waals surface area (Å²) < 4.78 is 1.85. The van der Waals surface area contributed by atoms with Gasteiger partial charge in [0.05, 0.1) is 5.69 Å². The molecule has 0 radical (unpaired) electrons. The molecule has 1 aromatic heterocycles. The van der Waals surface area contributed by atoms with Crippen LogP contribution in [0.5, 0.6) is 0 Å². The van der Waals surface area contributed by atoms with Crippen LogP contribution in [0.4, 0.5) is 0 Å². The van der Waals surface area contributed by atoms with E-state index in [0.717, 1.165) is 17.8 Å². The first kappa shape index (κ1) is 11.9. The lowest BCUT2D eigenvalue weighted by Gasteiger charge is -1.98. The molecule has 0 fully saturated rings. The number of nitrogens with zero attached hydrogens (tertiary/aromatic N) is 2. The van der Waals surface area contributed by atoms with Gasteiger partial charge in [-0.15, -0.1) is 0 Å². The average molecular weight is 249 g/mol. The maximum atomic E-state index is 11.4. The maximum absolute atomic E-state index is 11.4. The van der Waals surface area contributed by atoms with Gasteiger partial charge in [-0.3, -0.25) is 4.79 Å². The van der Waals surface area contributed by atoms with Crippen LogP contribution >= 0.6 is 11.6 Å². The van der Waals surface area contributed by atoms with Crippen molar-refractivity contribution >= 4 is 17.4 Å². The Kier molecular flexibility index (Phi) is 3.29. The number of aryl methyl sites for hydroxylation is 1. The molecule has 2 aromatic rings. The topological polar surface area (TPSA) is 34.9 Å². The van der Waals surface area contributed by atoms with Crippen molar-refractivity contribution in [1.82, 2.24) is 9.55 Å². The summed E-state index contributed by atoms with van der Waals surface area (Å²) in [7, 11) is 0. The fraction of sp³-hybridized carbons (Fsp3) is 0.231. The zero-order chi connectivity index (χ0) is 12.4. The molecular weight excluding hydrogens is 236 g/mol. The third-order valence-corrected chi connectivity index (χ3v) is 2.82. The third-order valence-electron chi connectivity index (χ3n) is 2.57. The Labute approximate surface area is 105 Å². The van der Waals surface area contributed by atoms with Crippen molar-refractivity contribution in [3.63, 3.8) is 0 Å². The van der Waals surface area contributed by atoms with Gasteiger partial charge in [-0.25, -0.2) is 4.98 Å². The molecule has 0 aliphatic heterocycles. The normalized spacial score (nSPS) is 10.5. The lowest BCUT2D eigenvalue weighted by atomic mass is 10.2. The van der Waals surface area contributed by atoms with Crippen molar-refractivity contribution < 1.29 is 4.79 Å². The molecule has 0 aliphatic rings. The van der Waals surface area contributed by atoms with Gasteiger partial charge in [0.15, 0.2) is 11.6 Å². The predicted molar refractivity (Wildman–Crippen MR) is 68.4 cm³/mol. The van der Waals surface area contributed by atoms with Gasteiger partial charge in [-0.05, 0) is 19.1 Å². The minimum Gasteiger partial charge on any atom is -0.328 e. The zero-order valence-electron chi connectivity index (χ0n) is 9.77. The molecule has 0 N–H and O–H groups in total. The standard InChI is InChI=1S/C13H13ClN2O/c1-3-16-8-12(15-13(16)9(2)17)10-4-6-11(14)7-5-10/h4-8H,3H2,1-2H3. The highest BCUT2D eigenvalue weighted by Gasteiger charge is 2.11. The molecule has 0 bridgehead atoms. The van der Waals surface area contributed by atoms with Crippen LogP contribution in [0.1, 0.15) is 24.5 Å². The Balaban J connectivity index is 2.46. The van der Waals surface area contributed by atoms with Crippen LogP contribution in [0.15, 0.2) is 30.5 Å².